The normalized spacial score (nSPS) is 16.0. The van der Waals surface area contributed by atoms with E-state index in [0.717, 1.165) is 36.5 Å². The van der Waals surface area contributed by atoms with Gasteiger partial charge in [-0.15, -0.1) is 0 Å². The van der Waals surface area contributed by atoms with Crippen LogP contribution in [-0.2, 0) is 9.53 Å². The number of hydrogen-bond acceptors (Lipinski definition) is 11. The highest BCUT2D eigenvalue weighted by Crippen LogP contribution is 2.33. The highest BCUT2D eigenvalue weighted by Gasteiger charge is 2.47. The van der Waals surface area contributed by atoms with Gasteiger partial charge in [-0.3, -0.25) is 4.79 Å². The molecule has 2 aliphatic rings. The number of ether oxygens (including phenoxy) is 2. The Labute approximate surface area is 282 Å². The van der Waals surface area contributed by atoms with E-state index in [-0.39, 0.29) is 30.1 Å². The lowest BCUT2D eigenvalue weighted by Crippen LogP contribution is -2.55. The molecule has 5 rings (SSSR count). The van der Waals surface area contributed by atoms with Gasteiger partial charge in [-0.05, 0) is 42.5 Å². The van der Waals surface area contributed by atoms with Crippen LogP contribution in [0.15, 0.2) is 48.8 Å². The molecule has 1 amide bonds. The zero-order chi connectivity index (χ0) is 36.1. The van der Waals surface area contributed by atoms with Gasteiger partial charge in [-0.1, -0.05) is 41.5 Å². The SMILES string of the molecule is CC.CC.CC.CO.N#Cc1cc(-c2ncnc(Nc3ccc(N4CCOCC4)cc3)n2)ccc1O[C@H]1CCN(C(=O)CO)CC1(F)F. The number of piperidine rings is 1. The second-order valence-corrected chi connectivity index (χ2v) is 9.36. The van der Waals surface area contributed by atoms with Crippen molar-refractivity contribution in [2.45, 2.75) is 60.0 Å². The molecule has 1 atom stereocenters. The zero-order valence-electron chi connectivity index (χ0n) is 28.9. The minimum atomic E-state index is -3.36. The van der Waals surface area contributed by atoms with Crippen LogP contribution in [0.5, 0.6) is 5.75 Å². The van der Waals surface area contributed by atoms with Gasteiger partial charge >= 0.3 is 5.92 Å². The molecule has 0 radical (unpaired) electrons. The van der Waals surface area contributed by atoms with E-state index in [9.17, 15) is 18.8 Å². The molecule has 3 N–H and O–H groups in total. The van der Waals surface area contributed by atoms with Gasteiger partial charge in [-0.25, -0.2) is 18.7 Å². The van der Waals surface area contributed by atoms with Crippen molar-refractivity contribution in [3.63, 3.8) is 0 Å². The smallest absolute Gasteiger partial charge is 0.301 e. The van der Waals surface area contributed by atoms with Crippen molar-refractivity contribution in [2.75, 3.05) is 63.3 Å². The number of alkyl halides is 2. The number of morpholine rings is 1. The summed E-state index contributed by atoms with van der Waals surface area (Å²) in [6.45, 7) is 13.4. The second-order valence-electron chi connectivity index (χ2n) is 9.36. The summed E-state index contributed by atoms with van der Waals surface area (Å²) in [6, 6.07) is 14.3. The molecule has 14 heteroatoms. The predicted molar refractivity (Wildman–Crippen MR) is 183 cm³/mol. The Morgan fingerprint density at radius 3 is 2.27 bits per heavy atom. The number of aliphatic hydroxyl groups is 2. The van der Waals surface area contributed by atoms with Crippen LogP contribution >= 0.6 is 0 Å². The van der Waals surface area contributed by atoms with E-state index < -0.39 is 31.1 Å². The number of rotatable bonds is 7. The van der Waals surface area contributed by atoms with Crippen LogP contribution in [-0.4, -0.2) is 101 Å². The zero-order valence-corrected chi connectivity index (χ0v) is 28.9. The number of carbonyl (C=O) groups is 1. The summed E-state index contributed by atoms with van der Waals surface area (Å²) < 4.78 is 40.3. The molecule has 1 aromatic heterocycles. The van der Waals surface area contributed by atoms with Crippen LogP contribution in [0.2, 0.25) is 0 Å². The summed E-state index contributed by atoms with van der Waals surface area (Å²) in [4.78, 5) is 27.6. The van der Waals surface area contributed by atoms with Gasteiger partial charge < -0.3 is 34.8 Å². The number of benzene rings is 2. The number of hydrogen-bond donors (Lipinski definition) is 3. The van der Waals surface area contributed by atoms with Gasteiger partial charge in [0.2, 0.25) is 11.9 Å². The summed E-state index contributed by atoms with van der Waals surface area (Å²) >= 11 is 0. The Bertz CT molecular complexity index is 1400. The van der Waals surface area contributed by atoms with Crippen LogP contribution in [0.1, 0.15) is 53.5 Å². The third kappa shape index (κ3) is 11.7. The largest absolute Gasteiger partial charge is 0.483 e. The maximum atomic E-state index is 14.7. The van der Waals surface area contributed by atoms with E-state index in [1.54, 1.807) is 6.07 Å². The number of aromatic nitrogens is 3. The standard InChI is InChI=1S/C27H27F2N7O4.3C2H6.CH4O/c28-27(29)16-36(24(38)15-37)8-7-23(27)40-22-6-1-18(13-19(22)14-30)25-31-17-32-26(34-25)33-20-2-4-21(5-3-20)35-9-11-39-12-10-35;4*1-2/h1-6,13,17,23,37H,7-12,15-16H2,(H,31,32,33,34);3*1-2H3;2H,1H3/t23-;;;;/m0..../s1. The molecule has 0 saturated carbocycles. The van der Waals surface area contributed by atoms with Crippen LogP contribution in [0, 0.1) is 11.3 Å². The fourth-order valence-electron chi connectivity index (χ4n) is 4.59. The predicted octanol–water partition coefficient (Wildman–Crippen LogP) is 5.28. The minimum absolute atomic E-state index is 0.00868. The second kappa shape index (κ2) is 22.2. The van der Waals surface area contributed by atoms with Crippen molar-refractivity contribution in [3.8, 4) is 23.2 Å². The molecule has 0 spiro atoms. The van der Waals surface area contributed by atoms with Crippen molar-refractivity contribution in [1.29, 1.82) is 5.26 Å². The van der Waals surface area contributed by atoms with Crippen LogP contribution < -0.4 is 15.0 Å². The molecule has 48 heavy (non-hydrogen) atoms. The summed E-state index contributed by atoms with van der Waals surface area (Å²) in [5.41, 5.74) is 2.39. The minimum Gasteiger partial charge on any atom is -0.483 e. The van der Waals surface area contributed by atoms with Crippen molar-refractivity contribution in [2.24, 2.45) is 0 Å². The van der Waals surface area contributed by atoms with Crippen molar-refractivity contribution >= 4 is 23.2 Å². The molecule has 0 aliphatic carbocycles. The Kier molecular flexibility index (Phi) is 19.2. The molecule has 3 aromatic rings. The molecule has 2 fully saturated rings. The van der Waals surface area contributed by atoms with Crippen LogP contribution in [0.3, 0.4) is 0 Å². The van der Waals surface area contributed by atoms with Gasteiger partial charge in [0.05, 0.1) is 25.3 Å². The highest BCUT2D eigenvalue weighted by atomic mass is 19.3. The van der Waals surface area contributed by atoms with Gasteiger partial charge in [0, 0.05) is 50.1 Å². The van der Waals surface area contributed by atoms with Gasteiger partial charge in [0.25, 0.3) is 0 Å². The maximum absolute atomic E-state index is 14.7. The first kappa shape index (κ1) is 41.6. The molecular formula is C34H49F2N7O5. The van der Waals surface area contributed by atoms with Crippen molar-refractivity contribution in [3.05, 3.63) is 54.4 Å². The molecule has 0 bridgehead atoms. The molecule has 0 unspecified atom stereocenters. The van der Waals surface area contributed by atoms with Gasteiger partial charge in [-0.2, -0.15) is 10.2 Å². The Morgan fingerprint density at radius 2 is 1.69 bits per heavy atom. The number of nitrogens with one attached hydrogen (secondary N) is 1. The van der Waals surface area contributed by atoms with E-state index in [0.29, 0.717) is 24.7 Å². The third-order valence-corrected chi connectivity index (χ3v) is 6.72. The molecular weight excluding hydrogens is 624 g/mol. The van der Waals surface area contributed by atoms with Crippen molar-refractivity contribution < 1.29 is 33.3 Å². The average Bonchev–Trinajstić information content (AvgIpc) is 3.16. The molecule has 264 valence electrons. The summed E-state index contributed by atoms with van der Waals surface area (Å²) in [5.74, 6) is -3.55. The van der Waals surface area contributed by atoms with E-state index in [2.05, 4.69) is 25.2 Å². The summed E-state index contributed by atoms with van der Waals surface area (Å²) in [7, 11) is 1.00. The average molecular weight is 674 g/mol. The molecule has 2 saturated heterocycles. The van der Waals surface area contributed by atoms with E-state index in [1.807, 2.05) is 71.9 Å². The molecule has 2 aromatic carbocycles. The van der Waals surface area contributed by atoms with Crippen LogP contribution in [0.25, 0.3) is 11.4 Å². The molecule has 12 nitrogen and oxygen atoms in total. The van der Waals surface area contributed by atoms with E-state index in [1.165, 1.54) is 18.5 Å². The topological polar surface area (TPSA) is 157 Å². The first-order valence-corrected chi connectivity index (χ1v) is 16.2. The van der Waals surface area contributed by atoms with Crippen LogP contribution in [0.4, 0.5) is 26.1 Å². The maximum Gasteiger partial charge on any atom is 0.301 e. The summed E-state index contributed by atoms with van der Waals surface area (Å²) in [6.07, 6.45) is -0.345. The number of anilines is 3. The summed E-state index contributed by atoms with van der Waals surface area (Å²) in [5, 5.41) is 28.8. The monoisotopic (exact) mass is 673 g/mol. The molecule has 2 aliphatic heterocycles. The number of amides is 1. The van der Waals surface area contributed by atoms with Gasteiger partial charge in [0.1, 0.15) is 24.8 Å². The number of likely N-dealkylation sites (tertiary alicyclic amines) is 1. The third-order valence-electron chi connectivity index (χ3n) is 6.72. The lowest BCUT2D eigenvalue weighted by Gasteiger charge is -2.38. The lowest BCUT2D eigenvalue weighted by molar-refractivity contribution is -0.161. The Morgan fingerprint density at radius 1 is 1.04 bits per heavy atom. The quantitative estimate of drug-likeness (QED) is 0.300. The number of nitrogens with zero attached hydrogens (tertiary/aromatic N) is 6. The van der Waals surface area contributed by atoms with Gasteiger partial charge in [0.15, 0.2) is 11.9 Å². The number of aliphatic hydroxyl groups excluding tert-OH is 2. The van der Waals surface area contributed by atoms with E-state index in [4.69, 9.17) is 19.7 Å². The number of carbonyl (C=O) groups excluding carboxylic acids is 1. The number of halogens is 2. The first-order chi connectivity index (χ1) is 23.4. The molecule has 3 heterocycles. The fraction of sp³-hybridized carbons (Fsp3) is 0.500. The fourth-order valence-corrected chi connectivity index (χ4v) is 4.59. The van der Waals surface area contributed by atoms with E-state index >= 15 is 0 Å². The Balaban J connectivity index is 0.00000134. The van der Waals surface area contributed by atoms with Crippen molar-refractivity contribution in [1.82, 2.24) is 19.9 Å². The lowest BCUT2D eigenvalue weighted by atomic mass is 10.0. The highest BCUT2D eigenvalue weighted by molar-refractivity contribution is 5.77. The first-order valence-electron chi connectivity index (χ1n) is 16.2. The number of nitriles is 1. The Hall–Kier alpha value is -4.45.